The van der Waals surface area contributed by atoms with E-state index in [2.05, 4.69) is 20.8 Å². The summed E-state index contributed by atoms with van der Waals surface area (Å²) in [7, 11) is 0. The Balaban J connectivity index is 1.46. The van der Waals surface area contributed by atoms with Crippen LogP contribution in [0.25, 0.3) is 0 Å². The van der Waals surface area contributed by atoms with Crippen LogP contribution >= 0.6 is 34.7 Å². The summed E-state index contributed by atoms with van der Waals surface area (Å²) in [5, 5.41) is 15.6. The average Bonchev–Trinajstić information content (AvgIpc) is 3.10. The SMILES string of the molecule is Cc1ccc(NC(=O)CSc2nnc(NCc3ccccc3)s2)cc1Cl. The van der Waals surface area contributed by atoms with Crippen molar-refractivity contribution in [1.29, 1.82) is 0 Å². The Morgan fingerprint density at radius 3 is 2.77 bits per heavy atom. The number of carbonyl (C=O) groups excluding carboxylic acids is 1. The molecule has 1 aromatic heterocycles. The zero-order valence-corrected chi connectivity index (χ0v) is 16.4. The third-order valence-corrected chi connectivity index (χ3v) is 5.90. The summed E-state index contributed by atoms with van der Waals surface area (Å²) < 4.78 is 0.748. The molecule has 0 saturated carbocycles. The predicted octanol–water partition coefficient (Wildman–Crippen LogP) is 4.84. The zero-order valence-electron chi connectivity index (χ0n) is 14.0. The van der Waals surface area contributed by atoms with E-state index in [-0.39, 0.29) is 11.7 Å². The first kappa shape index (κ1) is 18.7. The van der Waals surface area contributed by atoms with Crippen LogP contribution in [0.4, 0.5) is 10.8 Å². The van der Waals surface area contributed by atoms with Crippen LogP contribution in [-0.4, -0.2) is 21.9 Å². The number of carbonyl (C=O) groups is 1. The number of nitrogens with one attached hydrogen (secondary N) is 2. The number of aromatic nitrogens is 2. The van der Waals surface area contributed by atoms with E-state index in [0.29, 0.717) is 17.3 Å². The number of benzene rings is 2. The highest BCUT2D eigenvalue weighted by atomic mass is 35.5. The van der Waals surface area contributed by atoms with E-state index in [9.17, 15) is 4.79 Å². The molecule has 0 aliphatic heterocycles. The van der Waals surface area contributed by atoms with Crippen LogP contribution in [0, 0.1) is 6.92 Å². The van der Waals surface area contributed by atoms with Crippen LogP contribution in [0.1, 0.15) is 11.1 Å². The van der Waals surface area contributed by atoms with E-state index in [4.69, 9.17) is 11.6 Å². The van der Waals surface area contributed by atoms with E-state index >= 15 is 0 Å². The number of thioether (sulfide) groups is 1. The molecule has 0 saturated heterocycles. The lowest BCUT2D eigenvalue weighted by Crippen LogP contribution is -2.13. The van der Waals surface area contributed by atoms with Crippen molar-refractivity contribution in [3.8, 4) is 0 Å². The minimum atomic E-state index is -0.107. The fraction of sp³-hybridized carbons (Fsp3) is 0.167. The topological polar surface area (TPSA) is 66.9 Å². The van der Waals surface area contributed by atoms with Gasteiger partial charge in [-0.15, -0.1) is 10.2 Å². The van der Waals surface area contributed by atoms with Gasteiger partial charge in [-0.2, -0.15) is 0 Å². The Morgan fingerprint density at radius 2 is 2.00 bits per heavy atom. The molecule has 2 N–H and O–H groups in total. The molecule has 134 valence electrons. The Morgan fingerprint density at radius 1 is 1.19 bits per heavy atom. The highest BCUT2D eigenvalue weighted by molar-refractivity contribution is 8.01. The number of hydrogen-bond acceptors (Lipinski definition) is 6. The lowest BCUT2D eigenvalue weighted by Gasteiger charge is -2.06. The minimum Gasteiger partial charge on any atom is -0.356 e. The number of anilines is 2. The Kier molecular flexibility index (Phi) is 6.49. The molecule has 0 aliphatic rings. The van der Waals surface area contributed by atoms with Crippen molar-refractivity contribution in [2.75, 3.05) is 16.4 Å². The summed E-state index contributed by atoms with van der Waals surface area (Å²) in [6, 6.07) is 15.5. The minimum absolute atomic E-state index is 0.107. The number of amides is 1. The summed E-state index contributed by atoms with van der Waals surface area (Å²) in [5.74, 6) is 0.155. The summed E-state index contributed by atoms with van der Waals surface area (Å²) in [4.78, 5) is 12.1. The second-order valence-corrected chi connectivity index (χ2v) is 8.12. The van der Waals surface area contributed by atoms with Gasteiger partial charge in [0.2, 0.25) is 11.0 Å². The first-order valence-electron chi connectivity index (χ1n) is 7.90. The highest BCUT2D eigenvalue weighted by Crippen LogP contribution is 2.26. The fourth-order valence-electron chi connectivity index (χ4n) is 2.11. The number of halogens is 1. The zero-order chi connectivity index (χ0) is 18.4. The van der Waals surface area contributed by atoms with Gasteiger partial charge >= 0.3 is 0 Å². The molecule has 0 unspecified atom stereocenters. The van der Waals surface area contributed by atoms with Crippen molar-refractivity contribution in [1.82, 2.24) is 10.2 Å². The van der Waals surface area contributed by atoms with Gasteiger partial charge in [0.15, 0.2) is 4.34 Å². The Bertz CT molecular complexity index is 886. The highest BCUT2D eigenvalue weighted by Gasteiger charge is 2.09. The third-order valence-electron chi connectivity index (χ3n) is 3.48. The van der Waals surface area contributed by atoms with Gasteiger partial charge in [0.05, 0.1) is 5.75 Å². The maximum absolute atomic E-state index is 12.1. The van der Waals surface area contributed by atoms with Crippen molar-refractivity contribution in [3.05, 3.63) is 64.7 Å². The van der Waals surface area contributed by atoms with Crippen molar-refractivity contribution < 1.29 is 4.79 Å². The van der Waals surface area contributed by atoms with E-state index in [1.165, 1.54) is 28.7 Å². The molecule has 2 aromatic carbocycles. The lowest BCUT2D eigenvalue weighted by atomic mass is 10.2. The van der Waals surface area contributed by atoms with Gasteiger partial charge in [-0.25, -0.2) is 0 Å². The molecule has 3 aromatic rings. The summed E-state index contributed by atoms with van der Waals surface area (Å²) in [6.45, 7) is 2.61. The molecule has 0 atom stereocenters. The second-order valence-electron chi connectivity index (χ2n) is 5.51. The number of aryl methyl sites for hydroxylation is 1. The molecule has 1 heterocycles. The van der Waals surface area contributed by atoms with Gasteiger partial charge in [0, 0.05) is 17.3 Å². The van der Waals surface area contributed by atoms with E-state index < -0.39 is 0 Å². The molecule has 8 heteroatoms. The molecular weight excluding hydrogens is 388 g/mol. The third kappa shape index (κ3) is 5.45. The molecule has 3 rings (SSSR count). The summed E-state index contributed by atoms with van der Waals surface area (Å²) in [5.41, 5.74) is 2.84. The standard InChI is InChI=1S/C18H17ClN4OS2/c1-12-7-8-14(9-15(12)19)21-16(24)11-25-18-23-22-17(26-18)20-10-13-5-3-2-4-6-13/h2-9H,10-11H2,1H3,(H,20,22)(H,21,24). The quantitative estimate of drug-likeness (QED) is 0.551. The van der Waals surface area contributed by atoms with Crippen LogP contribution in [0.2, 0.25) is 5.02 Å². The Labute approximate surface area is 165 Å². The summed E-state index contributed by atoms with van der Waals surface area (Å²) >= 11 is 8.86. The molecular formula is C18H17ClN4OS2. The maximum Gasteiger partial charge on any atom is 0.234 e. The maximum atomic E-state index is 12.1. The van der Waals surface area contributed by atoms with E-state index in [1.54, 1.807) is 6.07 Å². The van der Waals surface area contributed by atoms with Crippen molar-refractivity contribution in [2.24, 2.45) is 0 Å². The van der Waals surface area contributed by atoms with Gasteiger partial charge in [-0.3, -0.25) is 4.79 Å². The number of nitrogens with zero attached hydrogens (tertiary/aromatic N) is 2. The van der Waals surface area contributed by atoms with Crippen molar-refractivity contribution >= 4 is 51.4 Å². The molecule has 0 radical (unpaired) electrons. The molecule has 0 fully saturated rings. The predicted molar refractivity (Wildman–Crippen MR) is 109 cm³/mol. The largest absolute Gasteiger partial charge is 0.356 e. The van der Waals surface area contributed by atoms with Gasteiger partial charge in [0.1, 0.15) is 0 Å². The van der Waals surface area contributed by atoms with Crippen LogP contribution < -0.4 is 10.6 Å². The average molecular weight is 405 g/mol. The van der Waals surface area contributed by atoms with E-state index in [0.717, 1.165) is 15.0 Å². The van der Waals surface area contributed by atoms with Crippen LogP contribution in [-0.2, 0) is 11.3 Å². The molecule has 0 spiro atoms. The van der Waals surface area contributed by atoms with Gasteiger partial charge in [-0.05, 0) is 30.2 Å². The smallest absolute Gasteiger partial charge is 0.234 e. The van der Waals surface area contributed by atoms with Crippen molar-refractivity contribution in [3.63, 3.8) is 0 Å². The molecule has 1 amide bonds. The van der Waals surface area contributed by atoms with Gasteiger partial charge in [-0.1, -0.05) is 71.1 Å². The van der Waals surface area contributed by atoms with Crippen LogP contribution in [0.5, 0.6) is 0 Å². The first-order valence-corrected chi connectivity index (χ1v) is 10.1. The first-order chi connectivity index (χ1) is 12.6. The van der Waals surface area contributed by atoms with Crippen molar-refractivity contribution in [2.45, 2.75) is 17.8 Å². The monoisotopic (exact) mass is 404 g/mol. The summed E-state index contributed by atoms with van der Waals surface area (Å²) in [6.07, 6.45) is 0. The molecule has 0 bridgehead atoms. The normalized spacial score (nSPS) is 10.5. The van der Waals surface area contributed by atoms with E-state index in [1.807, 2.05) is 49.4 Å². The number of hydrogen-bond donors (Lipinski definition) is 2. The lowest BCUT2D eigenvalue weighted by molar-refractivity contribution is -0.113. The second kappa shape index (κ2) is 9.02. The number of rotatable bonds is 7. The molecule has 26 heavy (non-hydrogen) atoms. The molecule has 5 nitrogen and oxygen atoms in total. The Hall–Kier alpha value is -2.09. The van der Waals surface area contributed by atoms with Crippen LogP contribution in [0.15, 0.2) is 52.9 Å². The molecule has 0 aliphatic carbocycles. The van der Waals surface area contributed by atoms with Crippen LogP contribution in [0.3, 0.4) is 0 Å². The van der Waals surface area contributed by atoms with Gasteiger partial charge < -0.3 is 10.6 Å². The fourth-order valence-corrected chi connectivity index (χ4v) is 3.84. The van der Waals surface area contributed by atoms with Gasteiger partial charge in [0.25, 0.3) is 0 Å².